The van der Waals surface area contributed by atoms with Crippen LogP contribution >= 0.6 is 31.9 Å². The SMILES string of the molecule is Nc1ccc(Oc2ccc(Br)cc2Br)cc1. The summed E-state index contributed by atoms with van der Waals surface area (Å²) in [6, 6.07) is 13.0. The van der Waals surface area contributed by atoms with Crippen molar-refractivity contribution >= 4 is 37.5 Å². The summed E-state index contributed by atoms with van der Waals surface area (Å²) in [5.41, 5.74) is 6.32. The van der Waals surface area contributed by atoms with Gasteiger partial charge in [0.15, 0.2) is 0 Å². The van der Waals surface area contributed by atoms with E-state index in [1.807, 2.05) is 42.5 Å². The topological polar surface area (TPSA) is 35.2 Å². The maximum atomic E-state index is 5.70. The lowest BCUT2D eigenvalue weighted by Gasteiger charge is -2.08. The van der Waals surface area contributed by atoms with Crippen molar-refractivity contribution in [3.05, 3.63) is 51.4 Å². The van der Waals surface area contributed by atoms with E-state index >= 15 is 0 Å². The molecule has 2 rings (SSSR count). The summed E-state index contributed by atoms with van der Waals surface area (Å²) in [6.45, 7) is 0. The second-order valence-corrected chi connectivity index (χ2v) is 5.02. The smallest absolute Gasteiger partial charge is 0.141 e. The Labute approximate surface area is 111 Å². The van der Waals surface area contributed by atoms with Gasteiger partial charge in [-0.15, -0.1) is 0 Å². The average Bonchev–Trinajstić information content (AvgIpc) is 2.25. The van der Waals surface area contributed by atoms with Gasteiger partial charge >= 0.3 is 0 Å². The van der Waals surface area contributed by atoms with Gasteiger partial charge in [-0.25, -0.2) is 0 Å². The minimum atomic E-state index is 0.724. The highest BCUT2D eigenvalue weighted by Gasteiger charge is 2.02. The quantitative estimate of drug-likeness (QED) is 0.810. The van der Waals surface area contributed by atoms with E-state index in [0.29, 0.717) is 0 Å². The van der Waals surface area contributed by atoms with Gasteiger partial charge in [-0.2, -0.15) is 0 Å². The van der Waals surface area contributed by atoms with Crippen molar-refractivity contribution in [2.75, 3.05) is 5.73 Å². The first-order valence-electron chi connectivity index (χ1n) is 4.63. The normalized spacial score (nSPS) is 10.1. The standard InChI is InChI=1S/C12H9Br2NO/c13-8-1-6-12(11(14)7-8)16-10-4-2-9(15)3-5-10/h1-7H,15H2. The predicted octanol–water partition coefficient (Wildman–Crippen LogP) is 4.59. The molecular formula is C12H9Br2NO. The summed E-state index contributed by atoms with van der Waals surface area (Å²) in [7, 11) is 0. The van der Waals surface area contributed by atoms with E-state index in [2.05, 4.69) is 31.9 Å². The van der Waals surface area contributed by atoms with E-state index in [1.54, 1.807) is 0 Å². The second-order valence-electron chi connectivity index (χ2n) is 3.25. The van der Waals surface area contributed by atoms with Crippen molar-refractivity contribution < 1.29 is 4.74 Å². The lowest BCUT2D eigenvalue weighted by Crippen LogP contribution is -1.87. The first-order valence-corrected chi connectivity index (χ1v) is 6.22. The number of nitrogen functional groups attached to an aromatic ring is 1. The number of hydrogen-bond acceptors (Lipinski definition) is 2. The molecule has 0 fully saturated rings. The lowest BCUT2D eigenvalue weighted by atomic mass is 10.3. The molecule has 82 valence electrons. The zero-order valence-electron chi connectivity index (χ0n) is 8.28. The van der Waals surface area contributed by atoms with Gasteiger partial charge in [-0.1, -0.05) is 15.9 Å². The van der Waals surface area contributed by atoms with Gasteiger partial charge in [-0.05, 0) is 58.4 Å². The third-order valence-corrected chi connectivity index (χ3v) is 3.11. The van der Waals surface area contributed by atoms with Crippen LogP contribution in [0.15, 0.2) is 51.4 Å². The van der Waals surface area contributed by atoms with Crippen molar-refractivity contribution in [1.82, 2.24) is 0 Å². The Hall–Kier alpha value is -1.000. The van der Waals surface area contributed by atoms with Crippen LogP contribution in [0, 0.1) is 0 Å². The van der Waals surface area contributed by atoms with Crippen LogP contribution in [0.5, 0.6) is 11.5 Å². The summed E-state index contributed by atoms with van der Waals surface area (Å²) in [6.07, 6.45) is 0. The molecule has 0 amide bonds. The van der Waals surface area contributed by atoms with Gasteiger partial charge < -0.3 is 10.5 Å². The molecule has 4 heteroatoms. The summed E-state index contributed by atoms with van der Waals surface area (Å²) >= 11 is 6.83. The molecule has 0 spiro atoms. The van der Waals surface area contributed by atoms with Crippen molar-refractivity contribution in [3.8, 4) is 11.5 Å². The largest absolute Gasteiger partial charge is 0.456 e. The number of halogens is 2. The van der Waals surface area contributed by atoms with Gasteiger partial charge in [0, 0.05) is 10.2 Å². The zero-order chi connectivity index (χ0) is 11.5. The number of benzene rings is 2. The number of nitrogens with two attached hydrogens (primary N) is 1. The molecule has 0 aliphatic carbocycles. The van der Waals surface area contributed by atoms with E-state index < -0.39 is 0 Å². The van der Waals surface area contributed by atoms with Crippen molar-refractivity contribution in [3.63, 3.8) is 0 Å². The molecule has 0 aliphatic heterocycles. The first kappa shape index (κ1) is 11.5. The fraction of sp³-hybridized carbons (Fsp3) is 0. The monoisotopic (exact) mass is 341 g/mol. The minimum Gasteiger partial charge on any atom is -0.456 e. The highest BCUT2D eigenvalue weighted by atomic mass is 79.9. The summed E-state index contributed by atoms with van der Waals surface area (Å²) in [5, 5.41) is 0. The van der Waals surface area contributed by atoms with Crippen LogP contribution < -0.4 is 10.5 Å². The van der Waals surface area contributed by atoms with Crippen LogP contribution in [0.3, 0.4) is 0 Å². The maximum absolute atomic E-state index is 5.70. The van der Waals surface area contributed by atoms with Gasteiger partial charge in [0.05, 0.1) is 4.47 Å². The molecule has 2 aromatic rings. The van der Waals surface area contributed by atoms with Crippen molar-refractivity contribution in [2.45, 2.75) is 0 Å². The Morgan fingerprint density at radius 1 is 0.938 bits per heavy atom. The Morgan fingerprint density at radius 3 is 2.25 bits per heavy atom. The van der Waals surface area contributed by atoms with Crippen LogP contribution in [0.4, 0.5) is 5.69 Å². The van der Waals surface area contributed by atoms with Crippen molar-refractivity contribution in [2.24, 2.45) is 0 Å². The Bertz CT molecular complexity index is 497. The van der Waals surface area contributed by atoms with Crippen LogP contribution in [-0.4, -0.2) is 0 Å². The van der Waals surface area contributed by atoms with E-state index in [9.17, 15) is 0 Å². The Balaban J connectivity index is 2.23. The molecule has 0 saturated heterocycles. The number of anilines is 1. The van der Waals surface area contributed by atoms with Gasteiger partial charge in [0.2, 0.25) is 0 Å². The Morgan fingerprint density at radius 2 is 1.62 bits per heavy atom. The summed E-state index contributed by atoms with van der Waals surface area (Å²) < 4.78 is 7.60. The third-order valence-electron chi connectivity index (χ3n) is 2.00. The third kappa shape index (κ3) is 2.77. The lowest BCUT2D eigenvalue weighted by molar-refractivity contribution is 0.479. The number of ether oxygens (including phenoxy) is 1. The summed E-state index contributed by atoms with van der Waals surface area (Å²) in [4.78, 5) is 0. The Kier molecular flexibility index (Phi) is 3.51. The van der Waals surface area contributed by atoms with E-state index in [0.717, 1.165) is 26.1 Å². The number of hydrogen-bond donors (Lipinski definition) is 1. The van der Waals surface area contributed by atoms with Crippen LogP contribution in [-0.2, 0) is 0 Å². The molecule has 2 N–H and O–H groups in total. The molecule has 2 aromatic carbocycles. The van der Waals surface area contributed by atoms with Gasteiger partial charge in [0.1, 0.15) is 11.5 Å². The minimum absolute atomic E-state index is 0.724. The molecule has 0 saturated carbocycles. The van der Waals surface area contributed by atoms with Gasteiger partial charge in [-0.3, -0.25) is 0 Å². The van der Waals surface area contributed by atoms with Crippen LogP contribution in [0.25, 0.3) is 0 Å². The van der Waals surface area contributed by atoms with E-state index in [-0.39, 0.29) is 0 Å². The van der Waals surface area contributed by atoms with E-state index in [1.165, 1.54) is 0 Å². The second kappa shape index (κ2) is 4.89. The van der Waals surface area contributed by atoms with E-state index in [4.69, 9.17) is 10.5 Å². The van der Waals surface area contributed by atoms with Crippen LogP contribution in [0.2, 0.25) is 0 Å². The van der Waals surface area contributed by atoms with Crippen molar-refractivity contribution in [1.29, 1.82) is 0 Å². The predicted molar refractivity (Wildman–Crippen MR) is 72.8 cm³/mol. The highest BCUT2D eigenvalue weighted by molar-refractivity contribution is 9.11. The fourth-order valence-corrected chi connectivity index (χ4v) is 2.35. The first-order chi connectivity index (χ1) is 7.65. The molecular weight excluding hydrogens is 334 g/mol. The average molecular weight is 343 g/mol. The molecule has 0 aromatic heterocycles. The molecule has 16 heavy (non-hydrogen) atoms. The molecule has 2 nitrogen and oxygen atoms in total. The molecule has 0 unspecified atom stereocenters. The van der Waals surface area contributed by atoms with Gasteiger partial charge in [0.25, 0.3) is 0 Å². The maximum Gasteiger partial charge on any atom is 0.141 e. The molecule has 0 bridgehead atoms. The zero-order valence-corrected chi connectivity index (χ0v) is 11.5. The molecule has 0 aliphatic rings. The summed E-state index contributed by atoms with van der Waals surface area (Å²) in [5.74, 6) is 1.53. The fourth-order valence-electron chi connectivity index (χ4n) is 1.22. The highest BCUT2D eigenvalue weighted by Crippen LogP contribution is 2.32. The number of rotatable bonds is 2. The van der Waals surface area contributed by atoms with Crippen LogP contribution in [0.1, 0.15) is 0 Å². The molecule has 0 heterocycles. The molecule has 0 atom stereocenters. The molecule has 0 radical (unpaired) electrons.